The van der Waals surface area contributed by atoms with Gasteiger partial charge in [0.2, 0.25) is 0 Å². The average molecular weight is 411 g/mol. The van der Waals surface area contributed by atoms with Gasteiger partial charge in [0.25, 0.3) is 0 Å². The Kier molecular flexibility index (Phi) is 13.2. The van der Waals surface area contributed by atoms with E-state index in [4.69, 9.17) is 4.74 Å². The Balaban J connectivity index is 2.34. The molecule has 1 aliphatic rings. The Bertz CT molecular complexity index is 499. The van der Waals surface area contributed by atoms with Gasteiger partial charge >= 0.3 is 5.97 Å². The van der Waals surface area contributed by atoms with Gasteiger partial charge in [0.15, 0.2) is 0 Å². The third kappa shape index (κ3) is 10.4. The zero-order valence-corrected chi connectivity index (χ0v) is 18.5. The number of hydrogen-bond donors (Lipinski definition) is 3. The van der Waals surface area contributed by atoms with E-state index in [9.17, 15) is 20.1 Å². The quantitative estimate of drug-likeness (QED) is 0.227. The van der Waals surface area contributed by atoms with Crippen LogP contribution < -0.4 is 0 Å². The van der Waals surface area contributed by atoms with E-state index in [-0.39, 0.29) is 23.7 Å². The molecule has 0 heterocycles. The van der Waals surface area contributed by atoms with Crippen LogP contribution >= 0.6 is 0 Å². The smallest absolute Gasteiger partial charge is 0.308 e. The Morgan fingerprint density at radius 1 is 1.10 bits per heavy atom. The molecule has 0 spiro atoms. The van der Waals surface area contributed by atoms with E-state index in [2.05, 4.69) is 19.1 Å². The van der Waals surface area contributed by atoms with E-state index < -0.39 is 18.3 Å². The van der Waals surface area contributed by atoms with E-state index in [0.29, 0.717) is 19.4 Å². The molecular weight excluding hydrogens is 368 g/mol. The third-order valence-electron chi connectivity index (χ3n) is 5.63. The molecule has 1 aliphatic carbocycles. The highest BCUT2D eigenvalue weighted by Gasteiger charge is 2.39. The van der Waals surface area contributed by atoms with E-state index in [1.54, 1.807) is 6.08 Å². The fraction of sp³-hybridized carbons (Fsp3) is 0.792. The molecule has 0 bridgehead atoms. The van der Waals surface area contributed by atoms with Crippen molar-refractivity contribution >= 4 is 5.97 Å². The number of ether oxygens (including phenoxy) is 1. The SMILES string of the molecule is CCCCC[C@H](O)C=C[C@@H]1[C@@H](CC=CCCCCOC(=O)C(C)C)[C@@H](O)C[C@H]1O. The molecule has 0 saturated heterocycles. The number of carbonyl (C=O) groups is 1. The summed E-state index contributed by atoms with van der Waals surface area (Å²) in [6.45, 7) is 6.26. The second kappa shape index (κ2) is 14.8. The maximum Gasteiger partial charge on any atom is 0.308 e. The van der Waals surface area contributed by atoms with Crippen LogP contribution in [-0.2, 0) is 9.53 Å². The lowest BCUT2D eigenvalue weighted by Crippen LogP contribution is -2.20. The molecule has 0 aliphatic heterocycles. The highest BCUT2D eigenvalue weighted by Crippen LogP contribution is 2.36. The zero-order chi connectivity index (χ0) is 21.6. The van der Waals surface area contributed by atoms with Crippen LogP contribution in [0.5, 0.6) is 0 Å². The molecule has 168 valence electrons. The Labute approximate surface area is 176 Å². The summed E-state index contributed by atoms with van der Waals surface area (Å²) in [4.78, 5) is 11.4. The van der Waals surface area contributed by atoms with E-state index in [0.717, 1.165) is 44.9 Å². The molecule has 5 heteroatoms. The predicted octanol–water partition coefficient (Wildman–Crippen LogP) is 4.16. The molecule has 0 amide bonds. The van der Waals surface area contributed by atoms with E-state index >= 15 is 0 Å². The number of aliphatic hydroxyl groups is 3. The molecule has 0 aromatic rings. The monoisotopic (exact) mass is 410 g/mol. The first-order valence-electron chi connectivity index (χ1n) is 11.4. The van der Waals surface area contributed by atoms with Gasteiger partial charge in [0.1, 0.15) is 0 Å². The molecule has 5 nitrogen and oxygen atoms in total. The van der Waals surface area contributed by atoms with Crippen LogP contribution in [-0.4, -0.2) is 46.2 Å². The number of aliphatic hydroxyl groups excluding tert-OH is 3. The van der Waals surface area contributed by atoms with Crippen LogP contribution in [0.3, 0.4) is 0 Å². The molecular formula is C24H42O5. The van der Waals surface area contributed by atoms with Gasteiger partial charge in [-0.05, 0) is 38.0 Å². The van der Waals surface area contributed by atoms with Crippen LogP contribution in [0.4, 0.5) is 0 Å². The average Bonchev–Trinajstić information content (AvgIpc) is 2.94. The topological polar surface area (TPSA) is 87.0 Å². The number of hydrogen-bond acceptors (Lipinski definition) is 5. The van der Waals surface area contributed by atoms with E-state index in [1.807, 2.05) is 19.9 Å². The van der Waals surface area contributed by atoms with Gasteiger partial charge in [-0.2, -0.15) is 0 Å². The van der Waals surface area contributed by atoms with Gasteiger partial charge < -0.3 is 20.1 Å². The van der Waals surface area contributed by atoms with Crippen molar-refractivity contribution in [3.8, 4) is 0 Å². The van der Waals surface area contributed by atoms with Crippen molar-refractivity contribution in [2.24, 2.45) is 17.8 Å². The second-order valence-electron chi connectivity index (χ2n) is 8.58. The minimum atomic E-state index is -0.557. The highest BCUT2D eigenvalue weighted by atomic mass is 16.5. The molecule has 3 N–H and O–H groups in total. The number of rotatable bonds is 14. The first kappa shape index (κ1) is 25.9. The highest BCUT2D eigenvalue weighted by molar-refractivity contribution is 5.71. The van der Waals surface area contributed by atoms with Crippen molar-refractivity contribution < 1.29 is 24.9 Å². The largest absolute Gasteiger partial charge is 0.465 e. The molecule has 1 saturated carbocycles. The molecule has 1 rings (SSSR count). The maximum absolute atomic E-state index is 11.4. The second-order valence-corrected chi connectivity index (χ2v) is 8.58. The van der Waals surface area contributed by atoms with Crippen molar-refractivity contribution in [3.05, 3.63) is 24.3 Å². The summed E-state index contributed by atoms with van der Waals surface area (Å²) in [5.41, 5.74) is 0. The lowest BCUT2D eigenvalue weighted by Gasteiger charge is -2.19. The number of unbranched alkanes of at least 4 members (excludes halogenated alkanes) is 4. The summed E-state index contributed by atoms with van der Waals surface area (Å²) in [5, 5.41) is 30.7. The van der Waals surface area contributed by atoms with Gasteiger partial charge in [-0.15, -0.1) is 0 Å². The summed E-state index contributed by atoms with van der Waals surface area (Å²) < 4.78 is 5.16. The number of carbonyl (C=O) groups excluding carboxylic acids is 1. The first-order chi connectivity index (χ1) is 13.9. The van der Waals surface area contributed by atoms with Crippen LogP contribution in [0.2, 0.25) is 0 Å². The van der Waals surface area contributed by atoms with Gasteiger partial charge in [-0.25, -0.2) is 0 Å². The first-order valence-corrected chi connectivity index (χ1v) is 11.4. The molecule has 0 aromatic carbocycles. The summed E-state index contributed by atoms with van der Waals surface area (Å²) in [6, 6.07) is 0. The van der Waals surface area contributed by atoms with E-state index in [1.165, 1.54) is 0 Å². The third-order valence-corrected chi connectivity index (χ3v) is 5.63. The van der Waals surface area contributed by atoms with Crippen molar-refractivity contribution in [1.82, 2.24) is 0 Å². The summed E-state index contributed by atoms with van der Waals surface area (Å²) in [5.74, 6) is -0.371. The van der Waals surface area contributed by atoms with Crippen LogP contribution in [0.25, 0.3) is 0 Å². The number of allylic oxidation sites excluding steroid dienone is 2. The van der Waals surface area contributed by atoms with Crippen molar-refractivity contribution in [1.29, 1.82) is 0 Å². The fourth-order valence-electron chi connectivity index (χ4n) is 3.74. The minimum Gasteiger partial charge on any atom is -0.465 e. The lowest BCUT2D eigenvalue weighted by molar-refractivity contribution is -0.147. The van der Waals surface area contributed by atoms with Gasteiger partial charge in [-0.1, -0.05) is 64.3 Å². The minimum absolute atomic E-state index is 0.0210. The van der Waals surface area contributed by atoms with Crippen molar-refractivity contribution in [3.63, 3.8) is 0 Å². The van der Waals surface area contributed by atoms with Gasteiger partial charge in [-0.3, -0.25) is 4.79 Å². The number of esters is 1. The normalized spacial score (nSPS) is 26.0. The predicted molar refractivity (Wildman–Crippen MR) is 116 cm³/mol. The van der Waals surface area contributed by atoms with Gasteiger partial charge in [0.05, 0.1) is 30.8 Å². The molecule has 29 heavy (non-hydrogen) atoms. The fourth-order valence-corrected chi connectivity index (χ4v) is 3.74. The summed E-state index contributed by atoms with van der Waals surface area (Å²) in [7, 11) is 0. The Hall–Kier alpha value is -1.17. The molecule has 5 atom stereocenters. The Morgan fingerprint density at radius 2 is 1.86 bits per heavy atom. The molecule has 0 radical (unpaired) electrons. The standard InChI is InChI=1S/C24H42O5/c1-4-5-9-12-19(25)14-15-21-20(22(26)17-23(21)27)13-10-7-6-8-11-16-29-24(28)18(2)3/h7,10,14-15,18-23,25-27H,4-6,8-9,11-13,16-17H2,1-3H3/t19-,20+,21+,22-,23+/m0/s1. The zero-order valence-electron chi connectivity index (χ0n) is 18.5. The molecule has 0 aromatic heterocycles. The lowest BCUT2D eigenvalue weighted by atomic mass is 9.89. The van der Waals surface area contributed by atoms with Crippen molar-refractivity contribution in [2.75, 3.05) is 6.61 Å². The summed E-state index contributed by atoms with van der Waals surface area (Å²) >= 11 is 0. The van der Waals surface area contributed by atoms with Crippen LogP contribution in [0, 0.1) is 17.8 Å². The molecule has 1 fully saturated rings. The van der Waals surface area contributed by atoms with Crippen LogP contribution in [0.1, 0.15) is 78.6 Å². The summed E-state index contributed by atoms with van der Waals surface area (Å²) in [6.07, 6.45) is 14.1. The molecule has 0 unspecified atom stereocenters. The maximum atomic E-state index is 11.4. The van der Waals surface area contributed by atoms with Gasteiger partial charge in [0, 0.05) is 12.3 Å². The van der Waals surface area contributed by atoms with Crippen molar-refractivity contribution in [2.45, 2.75) is 96.9 Å². The van der Waals surface area contributed by atoms with Crippen LogP contribution in [0.15, 0.2) is 24.3 Å². The Morgan fingerprint density at radius 3 is 2.55 bits per heavy atom.